The van der Waals surface area contributed by atoms with Gasteiger partial charge in [0.1, 0.15) is 30.0 Å². The van der Waals surface area contributed by atoms with Gasteiger partial charge in [0, 0.05) is 24.4 Å². The van der Waals surface area contributed by atoms with Gasteiger partial charge in [0.15, 0.2) is 0 Å². The van der Waals surface area contributed by atoms with E-state index in [-0.39, 0.29) is 42.8 Å². The summed E-state index contributed by atoms with van der Waals surface area (Å²) in [7, 11) is -4.11. The predicted octanol–water partition coefficient (Wildman–Crippen LogP) is 4.20. The maximum absolute atomic E-state index is 13.5. The van der Waals surface area contributed by atoms with E-state index >= 15 is 0 Å². The molecule has 0 fully saturated rings. The number of carboxylic acid groups (broad SMARTS) is 1. The second-order valence-corrected chi connectivity index (χ2v) is 15.3. The first-order valence-electron chi connectivity index (χ1n) is 16.8. The lowest BCUT2D eigenvalue weighted by Crippen LogP contribution is -2.51. The van der Waals surface area contributed by atoms with Crippen molar-refractivity contribution in [2.45, 2.75) is 89.3 Å². The van der Waals surface area contributed by atoms with Crippen molar-refractivity contribution in [3.63, 3.8) is 0 Å². The second kappa shape index (κ2) is 14.6. The van der Waals surface area contributed by atoms with Crippen LogP contribution < -0.4 is 25.8 Å². The number of sulfonamides is 1. The number of guanidine groups is 1. The fourth-order valence-corrected chi connectivity index (χ4v) is 8.31. The molecule has 2 amide bonds. The van der Waals surface area contributed by atoms with E-state index in [0.29, 0.717) is 23.3 Å². The Hall–Kier alpha value is -5.11. The number of carbonyl (C=O) groups is 3. The third kappa shape index (κ3) is 7.95. The van der Waals surface area contributed by atoms with Crippen molar-refractivity contribution < 1.29 is 37.4 Å². The lowest BCUT2D eigenvalue weighted by molar-refractivity contribution is -0.141. The maximum atomic E-state index is 13.5. The van der Waals surface area contributed by atoms with Crippen LogP contribution in [0.2, 0.25) is 0 Å². The Balaban J connectivity index is 1.22. The zero-order valence-corrected chi connectivity index (χ0v) is 30.4. The van der Waals surface area contributed by atoms with Gasteiger partial charge < -0.3 is 30.9 Å². The number of carboxylic acids is 1. The summed E-state index contributed by atoms with van der Waals surface area (Å²) < 4.78 is 41.1. The smallest absolute Gasteiger partial charge is 0.407 e. The summed E-state index contributed by atoms with van der Waals surface area (Å²) in [6, 6.07) is 13.4. The zero-order valence-electron chi connectivity index (χ0n) is 29.6. The van der Waals surface area contributed by atoms with Crippen LogP contribution in [-0.2, 0) is 30.8 Å². The minimum Gasteiger partial charge on any atom is -0.487 e. The van der Waals surface area contributed by atoms with E-state index in [1.807, 2.05) is 69.3 Å². The number of fused-ring (bicyclic) bond motifs is 4. The lowest BCUT2D eigenvalue weighted by atomic mass is 9.94. The summed E-state index contributed by atoms with van der Waals surface area (Å²) in [5, 5.41) is 14.2. The van der Waals surface area contributed by atoms with Crippen molar-refractivity contribution in [2.75, 3.05) is 13.2 Å². The molecule has 0 saturated carbocycles. The van der Waals surface area contributed by atoms with Crippen LogP contribution in [0.25, 0.3) is 11.1 Å². The molecule has 6 N–H and O–H groups in total. The molecule has 3 aromatic carbocycles. The van der Waals surface area contributed by atoms with Crippen LogP contribution in [0.5, 0.6) is 5.75 Å². The highest BCUT2D eigenvalue weighted by Gasteiger charge is 2.37. The van der Waals surface area contributed by atoms with Crippen molar-refractivity contribution in [3.05, 3.63) is 81.9 Å². The number of amides is 2. The number of nitrogens with one attached hydrogen (secondary N) is 3. The molecule has 13 nitrogen and oxygen atoms in total. The third-order valence-electron chi connectivity index (χ3n) is 9.41. The average Bonchev–Trinajstić information content (AvgIpc) is 3.57. The van der Waals surface area contributed by atoms with E-state index in [0.717, 1.165) is 33.4 Å². The van der Waals surface area contributed by atoms with Gasteiger partial charge in [-0.1, -0.05) is 48.5 Å². The van der Waals surface area contributed by atoms with Crippen LogP contribution in [0, 0.1) is 20.8 Å². The summed E-state index contributed by atoms with van der Waals surface area (Å²) in [6.07, 6.45) is -0.0661. The van der Waals surface area contributed by atoms with E-state index < -0.39 is 45.7 Å². The molecule has 0 aromatic heterocycles. The number of ether oxygens (including phenoxy) is 2. The quantitative estimate of drug-likeness (QED) is 0.103. The Labute approximate surface area is 298 Å². The molecule has 0 bridgehead atoms. The van der Waals surface area contributed by atoms with Gasteiger partial charge in [0.05, 0.1) is 4.90 Å². The van der Waals surface area contributed by atoms with Gasteiger partial charge in [-0.15, -0.1) is 0 Å². The number of rotatable bonds is 12. The Morgan fingerprint density at radius 1 is 1.00 bits per heavy atom. The average molecular weight is 720 g/mol. The van der Waals surface area contributed by atoms with Gasteiger partial charge in [-0.3, -0.25) is 14.6 Å². The Morgan fingerprint density at radius 2 is 1.61 bits per heavy atom. The maximum Gasteiger partial charge on any atom is 0.407 e. The van der Waals surface area contributed by atoms with Gasteiger partial charge in [-0.25, -0.2) is 17.9 Å². The fourth-order valence-electron chi connectivity index (χ4n) is 6.79. The van der Waals surface area contributed by atoms with Crippen LogP contribution in [0.1, 0.15) is 72.9 Å². The molecule has 5 rings (SSSR count). The number of aliphatic imine (C=N–C) groups is 1. The number of carbonyl (C=O) groups excluding carboxylic acids is 2. The van der Waals surface area contributed by atoms with Crippen molar-refractivity contribution in [1.82, 2.24) is 15.4 Å². The standard InChI is InChI=1S/C37H45N5O8S/c1-20-21(2)32(22(3)28-18-37(5,6)50-31(20)28)51(47,48)42-35(38)39-17-11-16-30(33(43)40-23(4)34(44)45)41-36(46)49-19-29-26-14-9-7-12-24(26)25-13-8-10-15-27(25)29/h7-10,12-15,23,29-30H,11,16-19H2,1-6H3,(H,40,43)(H,41,46)(H,44,45)(H3,38,39,42)/t23-,30-/m0/s1. The number of benzene rings is 3. The molecule has 1 aliphatic carbocycles. The van der Waals surface area contributed by atoms with Crippen LogP contribution in [0.4, 0.5) is 4.79 Å². The Kier molecular flexibility index (Phi) is 10.7. The molecule has 14 heteroatoms. The Morgan fingerprint density at radius 3 is 2.22 bits per heavy atom. The van der Waals surface area contributed by atoms with Gasteiger partial charge in [-0.05, 0) is 93.3 Å². The molecule has 2 atom stereocenters. The molecule has 0 unspecified atom stereocenters. The Bertz CT molecular complexity index is 1960. The highest BCUT2D eigenvalue weighted by molar-refractivity contribution is 7.90. The lowest BCUT2D eigenvalue weighted by Gasteiger charge is -2.21. The number of nitrogens with zero attached hydrogens (tertiary/aromatic N) is 1. The number of aliphatic carboxylic acids is 1. The van der Waals surface area contributed by atoms with Crippen LogP contribution in [-0.4, -0.2) is 68.3 Å². The molecule has 1 aliphatic heterocycles. The highest BCUT2D eigenvalue weighted by Crippen LogP contribution is 2.45. The van der Waals surface area contributed by atoms with E-state index in [9.17, 15) is 27.9 Å². The monoisotopic (exact) mass is 719 g/mol. The summed E-state index contributed by atoms with van der Waals surface area (Å²) in [6.45, 7) is 10.5. The number of hydrogen-bond donors (Lipinski definition) is 5. The summed E-state index contributed by atoms with van der Waals surface area (Å²) in [4.78, 5) is 41.8. The second-order valence-electron chi connectivity index (χ2n) is 13.7. The SMILES string of the molecule is Cc1c(C)c(S(=O)(=O)NC(N)=NCCC[C@H](NC(=O)OCC2c3ccccc3-c3ccccc32)C(=O)N[C@@H](C)C(=O)O)c(C)c2c1OC(C)(C)C2. The van der Waals surface area contributed by atoms with Crippen LogP contribution in [0.3, 0.4) is 0 Å². The molecular weight excluding hydrogens is 675 g/mol. The van der Waals surface area contributed by atoms with E-state index in [2.05, 4.69) is 20.3 Å². The molecule has 0 saturated heterocycles. The largest absolute Gasteiger partial charge is 0.487 e. The van der Waals surface area contributed by atoms with Crippen molar-refractivity contribution in [2.24, 2.45) is 10.7 Å². The molecule has 0 radical (unpaired) electrons. The molecule has 272 valence electrons. The van der Waals surface area contributed by atoms with Gasteiger partial charge in [0.25, 0.3) is 10.0 Å². The fraction of sp³-hybridized carbons (Fsp3) is 0.405. The summed E-state index contributed by atoms with van der Waals surface area (Å²) in [5.41, 5.74) is 12.4. The summed E-state index contributed by atoms with van der Waals surface area (Å²) >= 11 is 0. The van der Waals surface area contributed by atoms with Gasteiger partial charge >= 0.3 is 12.1 Å². The summed E-state index contributed by atoms with van der Waals surface area (Å²) in [5.74, 6) is -1.79. The molecule has 2 aliphatic rings. The van der Waals surface area contributed by atoms with Crippen molar-refractivity contribution in [3.8, 4) is 16.9 Å². The third-order valence-corrected chi connectivity index (χ3v) is 11.0. The minimum atomic E-state index is -4.11. The molecule has 0 spiro atoms. The van der Waals surface area contributed by atoms with E-state index in [1.54, 1.807) is 13.8 Å². The minimum absolute atomic E-state index is 0.00218. The van der Waals surface area contributed by atoms with Crippen molar-refractivity contribution in [1.29, 1.82) is 0 Å². The molecule has 1 heterocycles. The first kappa shape index (κ1) is 37.2. The van der Waals surface area contributed by atoms with E-state index in [4.69, 9.17) is 15.2 Å². The topological polar surface area (TPSA) is 199 Å². The van der Waals surface area contributed by atoms with Crippen LogP contribution in [0.15, 0.2) is 58.4 Å². The van der Waals surface area contributed by atoms with Crippen molar-refractivity contribution >= 4 is 34.0 Å². The van der Waals surface area contributed by atoms with Gasteiger partial charge in [0.2, 0.25) is 11.9 Å². The number of hydrogen-bond acceptors (Lipinski definition) is 8. The van der Waals surface area contributed by atoms with Gasteiger partial charge in [-0.2, -0.15) is 0 Å². The first-order chi connectivity index (χ1) is 24.0. The zero-order chi connectivity index (χ0) is 37.2. The molecular formula is C37H45N5O8S. The normalized spacial score (nSPS) is 15.8. The first-order valence-corrected chi connectivity index (χ1v) is 18.3. The molecule has 3 aromatic rings. The number of alkyl carbamates (subject to hydrolysis) is 1. The molecule has 51 heavy (non-hydrogen) atoms. The number of nitrogens with two attached hydrogens (primary N) is 1. The highest BCUT2D eigenvalue weighted by atomic mass is 32.2. The predicted molar refractivity (Wildman–Crippen MR) is 192 cm³/mol. The van der Waals surface area contributed by atoms with E-state index in [1.165, 1.54) is 6.92 Å². The van der Waals surface area contributed by atoms with Crippen LogP contribution >= 0.6 is 0 Å².